The number of fused-ring (bicyclic) bond motifs is 10. The topological polar surface area (TPSA) is 128 Å². The average molecular weight is 616 g/mol. The second-order valence-corrected chi connectivity index (χ2v) is 11.3. The monoisotopic (exact) mass is 615 g/mol. The summed E-state index contributed by atoms with van der Waals surface area (Å²) in [7, 11) is 3.23. The van der Waals surface area contributed by atoms with Gasteiger partial charge in [-0.05, 0) is 59.3 Å². The molecule has 236 valence electrons. The van der Waals surface area contributed by atoms with Crippen molar-refractivity contribution in [1.29, 1.82) is 0 Å². The fourth-order valence-corrected chi connectivity index (χ4v) is 5.55. The Labute approximate surface area is 261 Å². The smallest absolute Gasteiger partial charge is 0.411 e. The van der Waals surface area contributed by atoms with Gasteiger partial charge in [-0.2, -0.15) is 0 Å². The number of aryl methyl sites for hydroxylation is 1. The number of pyridine rings is 1. The summed E-state index contributed by atoms with van der Waals surface area (Å²) in [6, 6.07) is 15.3. The number of benzene rings is 3. The third-order valence-electron chi connectivity index (χ3n) is 7.87. The number of carbonyl (C=O) groups is 2. The number of ether oxygens (including phenoxy) is 3. The van der Waals surface area contributed by atoms with Gasteiger partial charge in [0.25, 0.3) is 0 Å². The fraction of sp³-hybridized carbons (Fsp3) is 0.324. The van der Waals surface area contributed by atoms with Crippen LogP contribution in [0.15, 0.2) is 60.8 Å². The van der Waals surface area contributed by atoms with Crippen LogP contribution in [0, 0.1) is 12.7 Å². The maximum atomic E-state index is 15.4. The van der Waals surface area contributed by atoms with E-state index in [4.69, 9.17) is 19.9 Å². The molecule has 6 rings (SSSR count). The van der Waals surface area contributed by atoms with Crippen LogP contribution in [0.1, 0.15) is 47.6 Å². The quantitative estimate of drug-likeness (QED) is 0.211. The van der Waals surface area contributed by atoms with Gasteiger partial charge in [-0.3, -0.25) is 10.1 Å². The molecule has 0 saturated carbocycles. The molecular weight excluding hydrogens is 577 g/mol. The van der Waals surface area contributed by atoms with Crippen LogP contribution in [-0.2, 0) is 20.8 Å². The predicted molar refractivity (Wildman–Crippen MR) is 172 cm³/mol. The van der Waals surface area contributed by atoms with Gasteiger partial charge < -0.3 is 30.2 Å². The number of nitrogen functional groups attached to an aromatic ring is 1. The van der Waals surface area contributed by atoms with Crippen LogP contribution in [0.4, 0.5) is 26.4 Å². The van der Waals surface area contributed by atoms with Crippen LogP contribution >= 0.6 is 0 Å². The summed E-state index contributed by atoms with van der Waals surface area (Å²) in [5.41, 5.74) is 10.0. The second kappa shape index (κ2) is 13.8. The maximum Gasteiger partial charge on any atom is 0.411 e. The standard InChI is InChI=1S/C34H38FN5O5/c1-20-14-23-6-8-27(20)21(2)19-45-34(42)39-26-16-24(31(29(35)17-26)44-13-5-12-43-4)18-40(3)33(41)30(23)38-25-7-9-28-22(15-25)10-11-37-32(28)36/h6-11,14-17,21,30,38H,5,12-13,18-19H2,1-4H3,(H2,36,37)(H,39,42)/t21-,30+/m0/s1. The molecule has 4 aromatic rings. The van der Waals surface area contributed by atoms with Crippen molar-refractivity contribution in [1.82, 2.24) is 9.88 Å². The minimum atomic E-state index is -0.780. The summed E-state index contributed by atoms with van der Waals surface area (Å²) < 4.78 is 31.8. The van der Waals surface area contributed by atoms with Gasteiger partial charge in [0.2, 0.25) is 5.91 Å². The van der Waals surface area contributed by atoms with E-state index in [2.05, 4.69) is 15.6 Å². The molecular formula is C34H38FN5O5. The third-order valence-corrected chi connectivity index (χ3v) is 7.87. The van der Waals surface area contributed by atoms with Gasteiger partial charge in [-0.15, -0.1) is 0 Å². The highest BCUT2D eigenvalue weighted by molar-refractivity contribution is 5.94. The molecule has 3 heterocycles. The number of methoxy groups -OCH3 is 1. The van der Waals surface area contributed by atoms with Crippen molar-refractivity contribution in [3.63, 3.8) is 0 Å². The normalized spacial score (nSPS) is 17.2. The van der Waals surface area contributed by atoms with Gasteiger partial charge in [0.1, 0.15) is 11.9 Å². The lowest BCUT2D eigenvalue weighted by atomic mass is 9.93. The Bertz CT molecular complexity index is 1710. The SMILES string of the molecule is COCCCOc1c(F)cc2cc1CN(C)C(=O)[C@H](Nc1ccc3c(N)nccc3c1)c1ccc(c(C)c1)[C@@H](C)COC(=O)N2. The van der Waals surface area contributed by atoms with Crippen LogP contribution in [0.3, 0.4) is 0 Å². The average Bonchev–Trinajstić information content (AvgIpc) is 3.01. The lowest BCUT2D eigenvalue weighted by molar-refractivity contribution is -0.131. The summed E-state index contributed by atoms with van der Waals surface area (Å²) in [4.78, 5) is 32.6. The number of hydrogen-bond donors (Lipinski definition) is 3. The van der Waals surface area contributed by atoms with Gasteiger partial charge in [-0.1, -0.05) is 25.1 Å². The number of carbonyl (C=O) groups excluding carboxylic acids is 2. The zero-order chi connectivity index (χ0) is 32.1. The summed E-state index contributed by atoms with van der Waals surface area (Å²) in [6.07, 6.45) is 1.48. The van der Waals surface area contributed by atoms with Gasteiger partial charge in [-0.25, -0.2) is 14.2 Å². The first kappa shape index (κ1) is 31.5. The molecule has 2 aliphatic rings. The fourth-order valence-electron chi connectivity index (χ4n) is 5.55. The molecule has 2 atom stereocenters. The third kappa shape index (κ3) is 7.26. The Balaban J connectivity index is 1.55. The van der Waals surface area contributed by atoms with Gasteiger partial charge in [0.05, 0.1) is 13.2 Å². The number of halogens is 1. The van der Waals surface area contributed by atoms with Gasteiger partial charge >= 0.3 is 6.09 Å². The Morgan fingerprint density at radius 2 is 1.96 bits per heavy atom. The van der Waals surface area contributed by atoms with Crippen molar-refractivity contribution >= 4 is 40.0 Å². The highest BCUT2D eigenvalue weighted by Gasteiger charge is 2.27. The molecule has 1 aromatic heterocycles. The number of rotatable bonds is 7. The molecule has 2 amide bonds. The first-order valence-electron chi connectivity index (χ1n) is 14.8. The van der Waals surface area contributed by atoms with Gasteiger partial charge in [0.15, 0.2) is 11.6 Å². The number of nitrogens with two attached hydrogens (primary N) is 1. The molecule has 11 heteroatoms. The number of aromatic nitrogens is 1. The van der Waals surface area contributed by atoms with Crippen LogP contribution in [0.5, 0.6) is 5.75 Å². The highest BCUT2D eigenvalue weighted by atomic mass is 19.1. The van der Waals surface area contributed by atoms with Crippen LogP contribution in [0.25, 0.3) is 10.8 Å². The summed E-state index contributed by atoms with van der Waals surface area (Å²) in [5.74, 6) is -0.613. The number of nitrogens with one attached hydrogen (secondary N) is 2. The van der Waals surface area contributed by atoms with Crippen molar-refractivity contribution < 1.29 is 28.2 Å². The first-order valence-corrected chi connectivity index (χ1v) is 14.8. The van der Waals surface area contributed by atoms with E-state index in [0.29, 0.717) is 24.4 Å². The van der Waals surface area contributed by atoms with Crippen molar-refractivity contribution in [3.8, 4) is 5.75 Å². The number of nitrogens with zero attached hydrogens (tertiary/aromatic N) is 2. The van der Waals surface area contributed by atoms with Crippen molar-refractivity contribution in [3.05, 3.63) is 88.9 Å². The lowest BCUT2D eigenvalue weighted by Gasteiger charge is -2.28. The number of likely N-dealkylation sites (N-methyl/N-ethyl adjacent to an activating group) is 1. The Kier molecular flexibility index (Phi) is 9.68. The van der Waals surface area contributed by atoms with E-state index in [1.165, 1.54) is 11.0 Å². The molecule has 2 aliphatic heterocycles. The molecule has 0 saturated heterocycles. The van der Waals surface area contributed by atoms with E-state index in [0.717, 1.165) is 33.2 Å². The maximum absolute atomic E-state index is 15.4. The predicted octanol–water partition coefficient (Wildman–Crippen LogP) is 6.16. The lowest BCUT2D eigenvalue weighted by Crippen LogP contribution is -2.35. The minimum Gasteiger partial charge on any atom is -0.490 e. The zero-order valence-electron chi connectivity index (χ0n) is 25.9. The largest absolute Gasteiger partial charge is 0.490 e. The molecule has 4 N–H and O–H groups in total. The molecule has 0 spiro atoms. The summed E-state index contributed by atoms with van der Waals surface area (Å²) in [6.45, 7) is 4.70. The molecule has 0 fully saturated rings. The second-order valence-electron chi connectivity index (χ2n) is 11.3. The Morgan fingerprint density at radius 1 is 1.13 bits per heavy atom. The van der Waals surface area contributed by atoms with E-state index >= 15 is 4.39 Å². The van der Waals surface area contributed by atoms with E-state index in [-0.39, 0.29) is 43.0 Å². The molecule has 45 heavy (non-hydrogen) atoms. The van der Waals surface area contributed by atoms with E-state index < -0.39 is 18.0 Å². The molecule has 0 aliphatic carbocycles. The highest BCUT2D eigenvalue weighted by Crippen LogP contribution is 2.32. The molecule has 3 aromatic carbocycles. The molecule has 10 nitrogen and oxygen atoms in total. The van der Waals surface area contributed by atoms with E-state index in [1.54, 1.807) is 26.4 Å². The number of anilines is 3. The van der Waals surface area contributed by atoms with E-state index in [9.17, 15) is 9.59 Å². The molecule has 0 unspecified atom stereocenters. The van der Waals surface area contributed by atoms with Crippen LogP contribution in [-0.4, -0.2) is 55.9 Å². The minimum absolute atomic E-state index is 0.00448. The van der Waals surface area contributed by atoms with Gasteiger partial charge in [0, 0.05) is 74.2 Å². The molecule has 0 radical (unpaired) electrons. The molecule has 4 bridgehead atoms. The number of hydrogen-bond acceptors (Lipinski definition) is 8. The number of amides is 2. The Morgan fingerprint density at radius 3 is 2.73 bits per heavy atom. The summed E-state index contributed by atoms with van der Waals surface area (Å²) in [5, 5.41) is 7.73. The summed E-state index contributed by atoms with van der Waals surface area (Å²) >= 11 is 0. The zero-order valence-corrected chi connectivity index (χ0v) is 25.9. The van der Waals surface area contributed by atoms with Crippen LogP contribution in [0.2, 0.25) is 0 Å². The Hall–Kier alpha value is -4.90. The van der Waals surface area contributed by atoms with Crippen LogP contribution < -0.4 is 21.1 Å². The van der Waals surface area contributed by atoms with Crippen molar-refractivity contribution in [2.45, 2.75) is 38.8 Å². The van der Waals surface area contributed by atoms with Crippen molar-refractivity contribution in [2.75, 3.05) is 50.3 Å². The van der Waals surface area contributed by atoms with E-state index in [1.807, 2.05) is 56.3 Å². The first-order chi connectivity index (χ1) is 21.6. The van der Waals surface area contributed by atoms with Crippen molar-refractivity contribution in [2.24, 2.45) is 0 Å².